The van der Waals surface area contributed by atoms with Crippen molar-refractivity contribution in [2.75, 3.05) is 13.2 Å². The molecule has 0 unspecified atom stereocenters. The van der Waals surface area contributed by atoms with Gasteiger partial charge in [0.2, 0.25) is 0 Å². The lowest BCUT2D eigenvalue weighted by atomic mass is 10.2. The quantitative estimate of drug-likeness (QED) is 0.794. The van der Waals surface area contributed by atoms with E-state index in [1.807, 2.05) is 12.1 Å². The monoisotopic (exact) mass is 324 g/mol. The van der Waals surface area contributed by atoms with Gasteiger partial charge >= 0.3 is 0 Å². The van der Waals surface area contributed by atoms with Crippen LogP contribution < -0.4 is 5.56 Å². The molecule has 1 heterocycles. The summed E-state index contributed by atoms with van der Waals surface area (Å²) in [5.41, 5.74) is 0.685. The van der Waals surface area contributed by atoms with Crippen LogP contribution in [0.25, 0.3) is 10.9 Å². The van der Waals surface area contributed by atoms with Crippen molar-refractivity contribution in [2.45, 2.75) is 20.4 Å². The summed E-state index contributed by atoms with van der Waals surface area (Å²) in [7, 11) is 0. The van der Waals surface area contributed by atoms with Crippen LogP contribution in [0.15, 0.2) is 33.8 Å². The summed E-state index contributed by atoms with van der Waals surface area (Å²) in [6.45, 7) is 5.97. The Hall–Kier alpha value is -1.20. The zero-order valence-electron chi connectivity index (χ0n) is 11.1. The van der Waals surface area contributed by atoms with Crippen molar-refractivity contribution in [1.82, 2.24) is 9.55 Å². The second-order valence-corrected chi connectivity index (χ2v) is 5.79. The van der Waals surface area contributed by atoms with Crippen LogP contribution in [0.1, 0.15) is 13.8 Å². The maximum Gasteiger partial charge on any atom is 0.261 e. The molecule has 0 aliphatic rings. The Morgan fingerprint density at radius 2 is 2.21 bits per heavy atom. The molecule has 0 spiro atoms. The number of benzene rings is 1. The molecule has 0 saturated heterocycles. The SMILES string of the molecule is CC(C)COCCn1cnc2cc(Br)ccc2c1=O. The first-order valence-corrected chi connectivity index (χ1v) is 7.09. The molecule has 4 nitrogen and oxygen atoms in total. The molecule has 19 heavy (non-hydrogen) atoms. The lowest BCUT2D eigenvalue weighted by molar-refractivity contribution is 0.102. The first-order valence-electron chi connectivity index (χ1n) is 6.30. The third kappa shape index (κ3) is 3.64. The molecule has 0 radical (unpaired) electrons. The van der Waals surface area contributed by atoms with Gasteiger partial charge in [0.25, 0.3) is 5.56 Å². The van der Waals surface area contributed by atoms with Gasteiger partial charge < -0.3 is 4.74 Å². The second-order valence-electron chi connectivity index (χ2n) is 4.87. The number of halogens is 1. The first-order chi connectivity index (χ1) is 9.08. The average molecular weight is 325 g/mol. The van der Waals surface area contributed by atoms with Gasteiger partial charge in [-0.15, -0.1) is 0 Å². The zero-order chi connectivity index (χ0) is 13.8. The lowest BCUT2D eigenvalue weighted by Gasteiger charge is -2.09. The highest BCUT2D eigenvalue weighted by atomic mass is 79.9. The van der Waals surface area contributed by atoms with Crippen molar-refractivity contribution in [1.29, 1.82) is 0 Å². The van der Waals surface area contributed by atoms with Gasteiger partial charge in [0.1, 0.15) is 0 Å². The van der Waals surface area contributed by atoms with Gasteiger partial charge in [0, 0.05) is 11.1 Å². The fraction of sp³-hybridized carbons (Fsp3) is 0.429. The second kappa shape index (κ2) is 6.30. The number of hydrogen-bond donors (Lipinski definition) is 0. The van der Waals surface area contributed by atoms with Crippen LogP contribution >= 0.6 is 15.9 Å². The summed E-state index contributed by atoms with van der Waals surface area (Å²) in [6.07, 6.45) is 1.58. The van der Waals surface area contributed by atoms with Crippen LogP contribution in [-0.2, 0) is 11.3 Å². The standard InChI is InChI=1S/C14H17BrN2O2/c1-10(2)8-19-6-5-17-9-16-13-7-11(15)3-4-12(13)14(17)18/h3-4,7,9-10H,5-6,8H2,1-2H3. The van der Waals surface area contributed by atoms with E-state index in [-0.39, 0.29) is 5.56 Å². The third-order valence-corrected chi connectivity index (χ3v) is 3.21. The maximum atomic E-state index is 12.2. The summed E-state index contributed by atoms with van der Waals surface area (Å²) < 4.78 is 8.01. The predicted molar refractivity (Wildman–Crippen MR) is 79.4 cm³/mol. The van der Waals surface area contributed by atoms with Crippen molar-refractivity contribution in [3.05, 3.63) is 39.4 Å². The molecule has 1 aromatic carbocycles. The summed E-state index contributed by atoms with van der Waals surface area (Å²) in [5, 5.41) is 0.634. The number of nitrogens with zero attached hydrogens (tertiary/aromatic N) is 2. The van der Waals surface area contributed by atoms with Crippen LogP contribution in [0.4, 0.5) is 0 Å². The smallest absolute Gasteiger partial charge is 0.261 e. The van der Waals surface area contributed by atoms with E-state index >= 15 is 0 Å². The number of aromatic nitrogens is 2. The molecule has 5 heteroatoms. The van der Waals surface area contributed by atoms with E-state index in [1.54, 1.807) is 17.0 Å². The fourth-order valence-electron chi connectivity index (χ4n) is 1.77. The molecule has 1 aromatic heterocycles. The molecule has 0 fully saturated rings. The highest BCUT2D eigenvalue weighted by molar-refractivity contribution is 9.10. The van der Waals surface area contributed by atoms with Crippen molar-refractivity contribution in [3.8, 4) is 0 Å². The fourth-order valence-corrected chi connectivity index (χ4v) is 2.12. The van der Waals surface area contributed by atoms with Gasteiger partial charge in [-0.05, 0) is 24.1 Å². The molecule has 0 amide bonds. The van der Waals surface area contributed by atoms with Gasteiger partial charge in [-0.3, -0.25) is 9.36 Å². The molecule has 0 N–H and O–H groups in total. The van der Waals surface area contributed by atoms with E-state index in [0.717, 1.165) is 4.47 Å². The van der Waals surface area contributed by atoms with Gasteiger partial charge in [-0.2, -0.15) is 0 Å². The van der Waals surface area contributed by atoms with Crippen molar-refractivity contribution in [2.24, 2.45) is 5.92 Å². The van der Waals surface area contributed by atoms with Crippen LogP contribution in [0.5, 0.6) is 0 Å². The molecule has 2 rings (SSSR count). The Bertz CT molecular complexity index is 622. The summed E-state index contributed by atoms with van der Waals surface area (Å²) in [6, 6.07) is 5.49. The summed E-state index contributed by atoms with van der Waals surface area (Å²) >= 11 is 3.37. The molecular formula is C14H17BrN2O2. The predicted octanol–water partition coefficient (Wildman–Crippen LogP) is 2.83. The van der Waals surface area contributed by atoms with Crippen molar-refractivity contribution < 1.29 is 4.74 Å². The van der Waals surface area contributed by atoms with E-state index in [9.17, 15) is 4.79 Å². The molecule has 0 saturated carbocycles. The largest absolute Gasteiger partial charge is 0.379 e. The highest BCUT2D eigenvalue weighted by Gasteiger charge is 2.04. The Kier molecular flexibility index (Phi) is 4.71. The van der Waals surface area contributed by atoms with Gasteiger partial charge in [0.05, 0.1) is 30.4 Å². The minimum absolute atomic E-state index is 0.0225. The maximum absolute atomic E-state index is 12.2. The van der Waals surface area contributed by atoms with Gasteiger partial charge in [-0.1, -0.05) is 29.8 Å². The third-order valence-electron chi connectivity index (χ3n) is 2.71. The Labute approximate surface area is 120 Å². The Balaban J connectivity index is 2.14. The van der Waals surface area contributed by atoms with Crippen LogP contribution in [0.2, 0.25) is 0 Å². The first kappa shape index (κ1) is 14.2. The molecule has 0 aliphatic carbocycles. The molecule has 0 bridgehead atoms. The van der Waals surface area contributed by atoms with Crippen LogP contribution in [-0.4, -0.2) is 22.8 Å². The molecule has 2 aromatic rings. The van der Waals surface area contributed by atoms with Gasteiger partial charge in [0.15, 0.2) is 0 Å². The minimum Gasteiger partial charge on any atom is -0.379 e. The summed E-state index contributed by atoms with van der Waals surface area (Å²) in [5.74, 6) is 0.504. The Morgan fingerprint density at radius 3 is 2.95 bits per heavy atom. The number of rotatable bonds is 5. The molecule has 0 atom stereocenters. The normalized spacial score (nSPS) is 11.4. The van der Waals surface area contributed by atoms with E-state index < -0.39 is 0 Å². The van der Waals surface area contributed by atoms with Gasteiger partial charge in [-0.25, -0.2) is 4.98 Å². The number of ether oxygens (including phenoxy) is 1. The highest BCUT2D eigenvalue weighted by Crippen LogP contribution is 2.14. The zero-order valence-corrected chi connectivity index (χ0v) is 12.7. The van der Waals surface area contributed by atoms with Crippen molar-refractivity contribution in [3.63, 3.8) is 0 Å². The Morgan fingerprint density at radius 1 is 1.42 bits per heavy atom. The van der Waals surface area contributed by atoms with Crippen LogP contribution in [0.3, 0.4) is 0 Å². The lowest BCUT2D eigenvalue weighted by Crippen LogP contribution is -2.23. The van der Waals surface area contributed by atoms with E-state index in [1.165, 1.54) is 0 Å². The number of hydrogen-bond acceptors (Lipinski definition) is 3. The van der Waals surface area contributed by atoms with Crippen molar-refractivity contribution >= 4 is 26.8 Å². The van der Waals surface area contributed by atoms with Crippen LogP contribution in [0, 0.1) is 5.92 Å². The number of fused-ring (bicyclic) bond motifs is 1. The van der Waals surface area contributed by atoms with E-state index in [4.69, 9.17) is 4.74 Å². The average Bonchev–Trinajstić information content (AvgIpc) is 2.36. The molecule has 0 aliphatic heterocycles. The molecule has 102 valence electrons. The van der Waals surface area contributed by atoms with E-state index in [2.05, 4.69) is 34.8 Å². The van der Waals surface area contributed by atoms with E-state index in [0.29, 0.717) is 36.6 Å². The minimum atomic E-state index is -0.0225. The molecular weight excluding hydrogens is 308 g/mol. The topological polar surface area (TPSA) is 44.1 Å². The summed E-state index contributed by atoms with van der Waals surface area (Å²) in [4.78, 5) is 16.5.